The Hall–Kier alpha value is -1.86. The highest BCUT2D eigenvalue weighted by atomic mass is 16.5. The summed E-state index contributed by atoms with van der Waals surface area (Å²) < 4.78 is 5.25. The monoisotopic (exact) mass is 258 g/mol. The number of rotatable bonds is 3. The third-order valence-electron chi connectivity index (χ3n) is 3.49. The Balaban J connectivity index is 1.93. The molecule has 1 heterocycles. The van der Waals surface area contributed by atoms with Crippen molar-refractivity contribution in [2.45, 2.75) is 25.8 Å². The number of carbonyl (C=O) groups is 1. The molecule has 0 saturated carbocycles. The quantitative estimate of drug-likeness (QED) is 0.903. The minimum Gasteiger partial charge on any atom is -0.381 e. The lowest BCUT2D eigenvalue weighted by Gasteiger charge is -2.23. The van der Waals surface area contributed by atoms with Crippen LogP contribution < -0.4 is 5.32 Å². The fourth-order valence-electron chi connectivity index (χ4n) is 2.22. The van der Waals surface area contributed by atoms with Gasteiger partial charge < -0.3 is 10.1 Å². The van der Waals surface area contributed by atoms with Crippen LogP contribution in [0.5, 0.6) is 0 Å². The molecule has 4 nitrogen and oxygen atoms in total. The summed E-state index contributed by atoms with van der Waals surface area (Å²) in [6, 6.07) is 9.35. The molecule has 1 N–H and O–H groups in total. The summed E-state index contributed by atoms with van der Waals surface area (Å²) in [5.41, 5.74) is 1.64. The van der Waals surface area contributed by atoms with E-state index < -0.39 is 0 Å². The molecule has 0 spiro atoms. The molecular weight excluding hydrogens is 240 g/mol. The smallest absolute Gasteiger partial charge is 0.223 e. The third kappa shape index (κ3) is 3.55. The average molecular weight is 258 g/mol. The molecular formula is C15H18N2O2. The average Bonchev–Trinajstić information content (AvgIpc) is 2.48. The van der Waals surface area contributed by atoms with Crippen LogP contribution >= 0.6 is 0 Å². The van der Waals surface area contributed by atoms with Crippen LogP contribution in [0.15, 0.2) is 24.3 Å². The molecule has 1 aromatic rings. The normalized spacial score (nSPS) is 17.5. The van der Waals surface area contributed by atoms with Gasteiger partial charge in [-0.25, -0.2) is 0 Å². The van der Waals surface area contributed by atoms with E-state index in [0.29, 0.717) is 18.8 Å². The van der Waals surface area contributed by atoms with Gasteiger partial charge in [0.1, 0.15) is 0 Å². The van der Waals surface area contributed by atoms with Crippen LogP contribution in [-0.2, 0) is 9.53 Å². The van der Waals surface area contributed by atoms with Crippen molar-refractivity contribution < 1.29 is 9.53 Å². The lowest BCUT2D eigenvalue weighted by Crippen LogP contribution is -2.35. The van der Waals surface area contributed by atoms with E-state index >= 15 is 0 Å². The van der Waals surface area contributed by atoms with Gasteiger partial charge in [0.05, 0.1) is 17.7 Å². The van der Waals surface area contributed by atoms with Crippen molar-refractivity contribution in [2.24, 2.45) is 5.92 Å². The lowest BCUT2D eigenvalue weighted by molar-refractivity contribution is -0.128. The lowest BCUT2D eigenvalue weighted by atomic mass is 9.98. The molecule has 1 saturated heterocycles. The number of benzene rings is 1. The van der Waals surface area contributed by atoms with E-state index in [1.165, 1.54) is 0 Å². The topological polar surface area (TPSA) is 62.1 Å². The van der Waals surface area contributed by atoms with Crippen molar-refractivity contribution in [2.75, 3.05) is 13.2 Å². The first-order valence-electron chi connectivity index (χ1n) is 6.59. The molecule has 19 heavy (non-hydrogen) atoms. The summed E-state index contributed by atoms with van der Waals surface area (Å²) in [6.07, 6.45) is 1.60. The predicted octanol–water partition coefficient (Wildman–Crippen LogP) is 2.16. The van der Waals surface area contributed by atoms with E-state index in [1.807, 2.05) is 19.1 Å². The fourth-order valence-corrected chi connectivity index (χ4v) is 2.22. The van der Waals surface area contributed by atoms with Gasteiger partial charge in [0, 0.05) is 19.1 Å². The van der Waals surface area contributed by atoms with Crippen LogP contribution in [0.2, 0.25) is 0 Å². The van der Waals surface area contributed by atoms with E-state index in [4.69, 9.17) is 10.00 Å². The molecule has 0 aromatic heterocycles. The van der Waals surface area contributed by atoms with Gasteiger partial charge in [-0.2, -0.15) is 5.26 Å². The zero-order chi connectivity index (χ0) is 13.7. The van der Waals surface area contributed by atoms with Crippen LogP contribution in [-0.4, -0.2) is 19.1 Å². The second kappa shape index (κ2) is 6.35. The Morgan fingerprint density at radius 2 is 2.00 bits per heavy atom. The highest BCUT2D eigenvalue weighted by Crippen LogP contribution is 2.18. The fraction of sp³-hybridized carbons (Fsp3) is 0.467. The maximum atomic E-state index is 12.1. The van der Waals surface area contributed by atoms with Gasteiger partial charge in [0.25, 0.3) is 0 Å². The zero-order valence-electron chi connectivity index (χ0n) is 11.1. The number of nitriles is 1. The van der Waals surface area contributed by atoms with Gasteiger partial charge in [-0.3, -0.25) is 4.79 Å². The number of hydrogen-bond donors (Lipinski definition) is 1. The largest absolute Gasteiger partial charge is 0.381 e. The van der Waals surface area contributed by atoms with Gasteiger partial charge >= 0.3 is 0 Å². The summed E-state index contributed by atoms with van der Waals surface area (Å²) in [5.74, 6) is 0.162. The van der Waals surface area contributed by atoms with Gasteiger partial charge in [0.2, 0.25) is 5.91 Å². The number of carbonyl (C=O) groups excluding carboxylic acids is 1. The second-order valence-electron chi connectivity index (χ2n) is 4.85. The molecule has 1 fully saturated rings. The summed E-state index contributed by atoms with van der Waals surface area (Å²) in [5, 5.41) is 11.8. The Labute approximate surface area is 113 Å². The van der Waals surface area contributed by atoms with E-state index in [0.717, 1.165) is 18.4 Å². The van der Waals surface area contributed by atoms with E-state index in [2.05, 4.69) is 11.4 Å². The Morgan fingerprint density at radius 1 is 1.37 bits per heavy atom. The van der Waals surface area contributed by atoms with E-state index in [1.54, 1.807) is 12.1 Å². The Kier molecular flexibility index (Phi) is 4.53. The molecule has 100 valence electrons. The number of hydrogen-bond acceptors (Lipinski definition) is 3. The molecule has 2 rings (SSSR count). The van der Waals surface area contributed by atoms with Crippen molar-refractivity contribution in [3.8, 4) is 6.07 Å². The van der Waals surface area contributed by atoms with Crippen LogP contribution in [0, 0.1) is 17.2 Å². The van der Waals surface area contributed by atoms with Crippen molar-refractivity contribution in [1.29, 1.82) is 5.26 Å². The number of nitrogens with zero attached hydrogens (tertiary/aromatic N) is 1. The molecule has 0 aliphatic carbocycles. The summed E-state index contributed by atoms with van der Waals surface area (Å²) in [7, 11) is 0. The van der Waals surface area contributed by atoms with E-state index in [-0.39, 0.29) is 17.9 Å². The number of nitrogens with one attached hydrogen (secondary N) is 1. The molecule has 0 bridgehead atoms. The Morgan fingerprint density at radius 3 is 2.58 bits per heavy atom. The first-order valence-corrected chi connectivity index (χ1v) is 6.59. The van der Waals surface area contributed by atoms with Crippen LogP contribution in [0.1, 0.15) is 36.9 Å². The maximum absolute atomic E-state index is 12.1. The minimum absolute atomic E-state index is 0.0388. The molecule has 4 heteroatoms. The maximum Gasteiger partial charge on any atom is 0.223 e. The first-order chi connectivity index (χ1) is 9.20. The van der Waals surface area contributed by atoms with Crippen molar-refractivity contribution in [1.82, 2.24) is 5.32 Å². The number of ether oxygens (including phenoxy) is 1. The van der Waals surface area contributed by atoms with Crippen LogP contribution in [0.25, 0.3) is 0 Å². The zero-order valence-corrected chi connectivity index (χ0v) is 11.1. The molecule has 1 unspecified atom stereocenters. The van der Waals surface area contributed by atoms with Gasteiger partial charge in [-0.1, -0.05) is 12.1 Å². The predicted molar refractivity (Wildman–Crippen MR) is 71.3 cm³/mol. The molecule has 1 amide bonds. The van der Waals surface area contributed by atoms with Gasteiger partial charge in [0.15, 0.2) is 0 Å². The van der Waals surface area contributed by atoms with Crippen LogP contribution in [0.3, 0.4) is 0 Å². The number of amides is 1. The highest BCUT2D eigenvalue weighted by molar-refractivity contribution is 5.79. The summed E-state index contributed by atoms with van der Waals surface area (Å²) in [4.78, 5) is 12.1. The molecule has 1 aliphatic rings. The van der Waals surface area contributed by atoms with Gasteiger partial charge in [-0.05, 0) is 37.5 Å². The standard InChI is InChI=1S/C15H18N2O2/c1-11(13-4-2-12(10-16)3-5-13)17-15(18)14-6-8-19-9-7-14/h2-5,11,14H,6-9H2,1H3,(H,17,18). The van der Waals surface area contributed by atoms with E-state index in [9.17, 15) is 4.79 Å². The summed E-state index contributed by atoms with van der Waals surface area (Å²) >= 11 is 0. The van der Waals surface area contributed by atoms with Crippen molar-refractivity contribution in [3.05, 3.63) is 35.4 Å². The highest BCUT2D eigenvalue weighted by Gasteiger charge is 2.22. The third-order valence-corrected chi connectivity index (χ3v) is 3.49. The SMILES string of the molecule is CC(NC(=O)C1CCOCC1)c1ccc(C#N)cc1. The molecule has 1 atom stereocenters. The van der Waals surface area contributed by atoms with Crippen molar-refractivity contribution in [3.63, 3.8) is 0 Å². The minimum atomic E-state index is -0.0388. The second-order valence-corrected chi connectivity index (χ2v) is 4.85. The molecule has 1 aliphatic heterocycles. The molecule has 1 aromatic carbocycles. The Bertz CT molecular complexity index is 470. The molecule has 0 radical (unpaired) electrons. The van der Waals surface area contributed by atoms with Crippen molar-refractivity contribution >= 4 is 5.91 Å². The van der Waals surface area contributed by atoms with Gasteiger partial charge in [-0.15, -0.1) is 0 Å². The first kappa shape index (κ1) is 13.6. The van der Waals surface area contributed by atoms with Crippen LogP contribution in [0.4, 0.5) is 0 Å². The summed E-state index contributed by atoms with van der Waals surface area (Å²) in [6.45, 7) is 3.30.